The van der Waals surface area contributed by atoms with E-state index in [2.05, 4.69) is 30.2 Å². The summed E-state index contributed by atoms with van der Waals surface area (Å²) in [6.07, 6.45) is 11.8. The van der Waals surface area contributed by atoms with E-state index in [0.717, 1.165) is 25.1 Å². The van der Waals surface area contributed by atoms with Crippen molar-refractivity contribution in [1.82, 2.24) is 25.3 Å². The third-order valence-corrected chi connectivity index (χ3v) is 5.21. The molecular formula is C17H20N6O. The minimum Gasteiger partial charge on any atom is -0.350 e. The zero-order valence-electron chi connectivity index (χ0n) is 13.4. The van der Waals surface area contributed by atoms with Crippen LogP contribution in [0.2, 0.25) is 0 Å². The molecule has 7 heteroatoms. The summed E-state index contributed by atoms with van der Waals surface area (Å²) >= 11 is 0. The number of hydrogen-bond acceptors (Lipinski definition) is 6. The molecule has 4 rings (SSSR count). The van der Waals surface area contributed by atoms with Gasteiger partial charge < -0.3 is 10.2 Å². The highest BCUT2D eigenvalue weighted by Gasteiger charge is 2.53. The van der Waals surface area contributed by atoms with Crippen LogP contribution in [-0.2, 0) is 11.3 Å². The number of carbonyl (C=O) groups is 1. The summed E-state index contributed by atoms with van der Waals surface area (Å²) in [6, 6.07) is 1.81. The first-order valence-corrected chi connectivity index (χ1v) is 8.31. The summed E-state index contributed by atoms with van der Waals surface area (Å²) in [6.45, 7) is 1.96. The van der Waals surface area contributed by atoms with E-state index < -0.39 is 0 Å². The van der Waals surface area contributed by atoms with Gasteiger partial charge in [0.1, 0.15) is 0 Å². The molecule has 2 aromatic rings. The molecule has 1 amide bonds. The fourth-order valence-electron chi connectivity index (χ4n) is 3.80. The Labute approximate surface area is 140 Å². The number of rotatable bonds is 4. The lowest BCUT2D eigenvalue weighted by atomic mass is 9.62. The molecule has 1 saturated heterocycles. The smallest absolute Gasteiger partial charge is 0.225 e. The molecule has 1 aliphatic carbocycles. The van der Waals surface area contributed by atoms with Crippen LogP contribution in [0.25, 0.3) is 0 Å². The summed E-state index contributed by atoms with van der Waals surface area (Å²) in [5.41, 5.74) is 0.848. The summed E-state index contributed by atoms with van der Waals surface area (Å²) in [5, 5.41) is 3.03. The van der Waals surface area contributed by atoms with Crippen molar-refractivity contribution in [3.63, 3.8) is 0 Å². The summed E-state index contributed by atoms with van der Waals surface area (Å²) in [5.74, 6) is 0.790. The van der Waals surface area contributed by atoms with Gasteiger partial charge in [-0.05, 0) is 18.9 Å². The van der Waals surface area contributed by atoms with Gasteiger partial charge in [-0.1, -0.05) is 6.42 Å². The number of nitrogens with one attached hydrogen (secondary N) is 1. The Kier molecular flexibility index (Phi) is 3.84. The van der Waals surface area contributed by atoms with E-state index in [1.807, 2.05) is 6.07 Å². The van der Waals surface area contributed by atoms with E-state index in [9.17, 15) is 4.79 Å². The summed E-state index contributed by atoms with van der Waals surface area (Å²) in [4.78, 5) is 31.8. The first-order valence-electron chi connectivity index (χ1n) is 8.31. The highest BCUT2D eigenvalue weighted by atomic mass is 16.2. The van der Waals surface area contributed by atoms with Crippen LogP contribution in [0.3, 0.4) is 0 Å². The molecule has 7 nitrogen and oxygen atoms in total. The fraction of sp³-hybridized carbons (Fsp3) is 0.471. The zero-order chi connectivity index (χ0) is 16.4. The maximum absolute atomic E-state index is 12.8. The molecular weight excluding hydrogens is 304 g/mol. The summed E-state index contributed by atoms with van der Waals surface area (Å²) < 4.78 is 0. The number of aromatic nitrogens is 4. The van der Waals surface area contributed by atoms with Gasteiger partial charge in [0, 0.05) is 43.3 Å². The maximum Gasteiger partial charge on any atom is 0.225 e. The van der Waals surface area contributed by atoms with Gasteiger partial charge in [-0.2, -0.15) is 0 Å². The Morgan fingerprint density at radius 2 is 2.04 bits per heavy atom. The minimum absolute atomic E-state index is 0.0215. The van der Waals surface area contributed by atoms with Crippen LogP contribution in [0.4, 0.5) is 5.95 Å². The van der Waals surface area contributed by atoms with E-state index >= 15 is 0 Å². The van der Waals surface area contributed by atoms with Gasteiger partial charge >= 0.3 is 0 Å². The van der Waals surface area contributed by atoms with Gasteiger partial charge in [0.25, 0.3) is 0 Å². The summed E-state index contributed by atoms with van der Waals surface area (Å²) in [7, 11) is 0. The lowest BCUT2D eigenvalue weighted by Gasteiger charge is -2.41. The molecule has 124 valence electrons. The molecule has 3 heterocycles. The zero-order valence-corrected chi connectivity index (χ0v) is 13.4. The molecule has 24 heavy (non-hydrogen) atoms. The Morgan fingerprint density at radius 1 is 1.21 bits per heavy atom. The standard InChI is InChI=1S/C17H20N6O/c24-15(22-10-13-9-18-7-8-19-13)14-11-23(12-17(14)3-1-4-17)16-20-5-2-6-21-16/h2,5-9,14H,1,3-4,10-12H2,(H,22,24). The van der Waals surface area contributed by atoms with E-state index in [1.165, 1.54) is 6.42 Å². The van der Waals surface area contributed by atoms with E-state index in [4.69, 9.17) is 0 Å². The van der Waals surface area contributed by atoms with Crippen LogP contribution in [0.15, 0.2) is 37.1 Å². The van der Waals surface area contributed by atoms with Crippen molar-refractivity contribution in [3.05, 3.63) is 42.7 Å². The lowest BCUT2D eigenvalue weighted by Crippen LogP contribution is -2.45. The Balaban J connectivity index is 1.46. The predicted octanol–water partition coefficient (Wildman–Crippen LogP) is 1.19. The van der Waals surface area contributed by atoms with Gasteiger partial charge in [-0.15, -0.1) is 0 Å². The Bertz CT molecular complexity index is 704. The Morgan fingerprint density at radius 3 is 2.71 bits per heavy atom. The molecule has 2 fully saturated rings. The van der Waals surface area contributed by atoms with Gasteiger partial charge in [-0.25, -0.2) is 9.97 Å². The van der Waals surface area contributed by atoms with Crippen molar-refractivity contribution in [2.45, 2.75) is 25.8 Å². The number of hydrogen-bond donors (Lipinski definition) is 1. The van der Waals surface area contributed by atoms with Gasteiger partial charge in [0.15, 0.2) is 0 Å². The third-order valence-electron chi connectivity index (χ3n) is 5.21. The molecule has 1 N–H and O–H groups in total. The molecule has 0 aromatic carbocycles. The molecule has 2 aliphatic rings. The second-order valence-corrected chi connectivity index (χ2v) is 6.61. The van der Waals surface area contributed by atoms with Gasteiger partial charge in [0.05, 0.1) is 24.4 Å². The molecule has 1 unspecified atom stereocenters. The Hall–Kier alpha value is -2.57. The van der Waals surface area contributed by atoms with E-state index in [-0.39, 0.29) is 17.2 Å². The number of carbonyl (C=O) groups excluding carboxylic acids is 1. The van der Waals surface area contributed by atoms with Crippen molar-refractivity contribution in [2.24, 2.45) is 11.3 Å². The topological polar surface area (TPSA) is 83.9 Å². The SMILES string of the molecule is O=C(NCc1cnccn1)C1CN(c2ncccn2)CC12CCC2. The maximum atomic E-state index is 12.8. The van der Waals surface area contributed by atoms with Crippen LogP contribution in [0.1, 0.15) is 25.0 Å². The van der Waals surface area contributed by atoms with Crippen molar-refractivity contribution in [3.8, 4) is 0 Å². The van der Waals surface area contributed by atoms with Crippen LogP contribution >= 0.6 is 0 Å². The quantitative estimate of drug-likeness (QED) is 0.909. The van der Waals surface area contributed by atoms with E-state index in [1.54, 1.807) is 31.0 Å². The molecule has 0 bridgehead atoms. The van der Waals surface area contributed by atoms with Crippen molar-refractivity contribution in [2.75, 3.05) is 18.0 Å². The third kappa shape index (κ3) is 2.70. The second kappa shape index (κ2) is 6.14. The normalized spacial score (nSPS) is 21.5. The molecule has 2 aromatic heterocycles. The number of amides is 1. The lowest BCUT2D eigenvalue weighted by molar-refractivity contribution is -0.129. The second-order valence-electron chi connectivity index (χ2n) is 6.61. The minimum atomic E-state index is -0.0215. The first kappa shape index (κ1) is 15.0. The van der Waals surface area contributed by atoms with Gasteiger partial charge in [0.2, 0.25) is 11.9 Å². The molecule has 0 radical (unpaired) electrons. The predicted molar refractivity (Wildman–Crippen MR) is 87.9 cm³/mol. The van der Waals surface area contributed by atoms with Crippen LogP contribution < -0.4 is 10.2 Å². The number of anilines is 1. The highest BCUT2D eigenvalue weighted by molar-refractivity contribution is 5.81. The van der Waals surface area contributed by atoms with Crippen molar-refractivity contribution < 1.29 is 4.79 Å². The fourth-order valence-corrected chi connectivity index (χ4v) is 3.80. The average Bonchev–Trinajstić information content (AvgIpc) is 3.03. The molecule has 1 atom stereocenters. The average molecular weight is 324 g/mol. The van der Waals surface area contributed by atoms with E-state index in [0.29, 0.717) is 19.0 Å². The van der Waals surface area contributed by atoms with Crippen molar-refractivity contribution >= 4 is 11.9 Å². The highest BCUT2D eigenvalue weighted by Crippen LogP contribution is 2.52. The molecule has 1 aliphatic heterocycles. The molecule has 1 saturated carbocycles. The largest absolute Gasteiger partial charge is 0.350 e. The van der Waals surface area contributed by atoms with Crippen LogP contribution in [0.5, 0.6) is 0 Å². The van der Waals surface area contributed by atoms with Crippen LogP contribution in [0, 0.1) is 11.3 Å². The molecule has 1 spiro atoms. The van der Waals surface area contributed by atoms with Crippen LogP contribution in [-0.4, -0.2) is 38.9 Å². The van der Waals surface area contributed by atoms with Gasteiger partial charge in [-0.3, -0.25) is 14.8 Å². The van der Waals surface area contributed by atoms with Crippen molar-refractivity contribution in [1.29, 1.82) is 0 Å². The first-order chi connectivity index (χ1) is 11.8. The number of nitrogens with zero attached hydrogens (tertiary/aromatic N) is 5. The monoisotopic (exact) mass is 324 g/mol.